The molecule has 0 fully saturated rings. The van der Waals surface area contributed by atoms with Crippen LogP contribution in [0, 0.1) is 23.0 Å². The highest BCUT2D eigenvalue weighted by molar-refractivity contribution is 5.49. The number of rotatable bonds is 1. The summed E-state index contributed by atoms with van der Waals surface area (Å²) in [5.74, 6) is -1.35. The van der Waals surface area contributed by atoms with E-state index in [1.807, 2.05) is 0 Å². The van der Waals surface area contributed by atoms with E-state index >= 15 is 0 Å². The lowest BCUT2D eigenvalue weighted by molar-refractivity contribution is 0.600. The quantitative estimate of drug-likeness (QED) is 0.694. The van der Waals surface area contributed by atoms with Gasteiger partial charge < -0.3 is 5.32 Å². The van der Waals surface area contributed by atoms with E-state index in [1.54, 1.807) is 6.07 Å². The summed E-state index contributed by atoms with van der Waals surface area (Å²) in [5.41, 5.74) is -0.238. The highest BCUT2D eigenvalue weighted by Crippen LogP contribution is 2.17. The maximum atomic E-state index is 12.8. The van der Waals surface area contributed by atoms with Crippen LogP contribution in [-0.2, 0) is 0 Å². The Morgan fingerprint density at radius 1 is 1.33 bits per heavy atom. The fraction of sp³-hybridized carbons (Fsp3) is 0.125. The van der Waals surface area contributed by atoms with Gasteiger partial charge in [-0.1, -0.05) is 0 Å². The van der Waals surface area contributed by atoms with E-state index < -0.39 is 11.6 Å². The van der Waals surface area contributed by atoms with Crippen molar-refractivity contribution in [2.45, 2.75) is 0 Å². The fourth-order valence-corrected chi connectivity index (χ4v) is 0.824. The molecule has 0 saturated carbocycles. The van der Waals surface area contributed by atoms with Gasteiger partial charge in [0.15, 0.2) is 0 Å². The predicted molar refractivity (Wildman–Crippen MR) is 40.6 cm³/mol. The Bertz CT molecular complexity index is 341. The average molecular weight is 168 g/mol. The van der Waals surface area contributed by atoms with E-state index in [9.17, 15) is 8.78 Å². The van der Waals surface area contributed by atoms with Crippen molar-refractivity contribution < 1.29 is 8.78 Å². The minimum atomic E-state index is -0.719. The van der Waals surface area contributed by atoms with Crippen molar-refractivity contribution in [2.75, 3.05) is 12.4 Å². The Kier molecular flexibility index (Phi) is 2.24. The minimum absolute atomic E-state index is 0.0477. The second kappa shape index (κ2) is 3.18. The van der Waals surface area contributed by atoms with Gasteiger partial charge in [0.1, 0.15) is 17.7 Å². The number of benzene rings is 1. The monoisotopic (exact) mass is 168 g/mol. The van der Waals surface area contributed by atoms with E-state index in [1.165, 1.54) is 7.05 Å². The molecule has 1 N–H and O–H groups in total. The molecule has 0 heterocycles. The molecule has 62 valence electrons. The summed E-state index contributed by atoms with van der Waals surface area (Å²) in [6.45, 7) is 0. The number of anilines is 1. The first-order valence-corrected chi connectivity index (χ1v) is 3.26. The molecule has 0 aromatic heterocycles. The summed E-state index contributed by atoms with van der Waals surface area (Å²) in [4.78, 5) is 0. The maximum Gasteiger partial charge on any atom is 0.147 e. The van der Waals surface area contributed by atoms with Crippen molar-refractivity contribution in [2.24, 2.45) is 0 Å². The molecule has 1 aromatic carbocycles. The first-order valence-electron chi connectivity index (χ1n) is 3.26. The van der Waals surface area contributed by atoms with Gasteiger partial charge in [0.2, 0.25) is 0 Å². The van der Waals surface area contributed by atoms with Gasteiger partial charge in [-0.15, -0.1) is 0 Å². The van der Waals surface area contributed by atoms with Gasteiger partial charge in [-0.3, -0.25) is 0 Å². The highest BCUT2D eigenvalue weighted by atomic mass is 19.1. The molecule has 0 unspecified atom stereocenters. The van der Waals surface area contributed by atoms with Gasteiger partial charge in [0.05, 0.1) is 11.3 Å². The molecular formula is C8H6F2N2. The number of nitriles is 1. The molecule has 4 heteroatoms. The third-order valence-electron chi connectivity index (χ3n) is 1.45. The van der Waals surface area contributed by atoms with E-state index in [0.717, 1.165) is 12.1 Å². The molecule has 0 aliphatic carbocycles. The van der Waals surface area contributed by atoms with Crippen molar-refractivity contribution in [3.8, 4) is 6.07 Å². The van der Waals surface area contributed by atoms with Crippen LogP contribution in [0.1, 0.15) is 5.56 Å². The Morgan fingerprint density at radius 3 is 2.50 bits per heavy atom. The number of nitrogens with zero attached hydrogens (tertiary/aromatic N) is 1. The maximum absolute atomic E-state index is 12.8. The summed E-state index contributed by atoms with van der Waals surface area (Å²) in [5, 5.41) is 10.8. The lowest BCUT2D eigenvalue weighted by atomic mass is 10.2. The largest absolute Gasteiger partial charge is 0.386 e. The Morgan fingerprint density at radius 2 is 2.00 bits per heavy atom. The normalized spacial score (nSPS) is 9.17. The summed E-state index contributed by atoms with van der Waals surface area (Å²) >= 11 is 0. The lowest BCUT2D eigenvalue weighted by Gasteiger charge is -2.02. The number of nitrogens with one attached hydrogen (secondary N) is 1. The lowest BCUT2D eigenvalue weighted by Crippen LogP contribution is -1.95. The van der Waals surface area contributed by atoms with Gasteiger partial charge in [-0.25, -0.2) is 8.78 Å². The Hall–Kier alpha value is -1.63. The van der Waals surface area contributed by atoms with Crippen LogP contribution in [-0.4, -0.2) is 7.05 Å². The van der Waals surface area contributed by atoms with E-state index in [-0.39, 0.29) is 11.3 Å². The predicted octanol–water partition coefficient (Wildman–Crippen LogP) is 1.88. The van der Waals surface area contributed by atoms with Crippen LogP contribution in [0.15, 0.2) is 12.1 Å². The summed E-state index contributed by atoms with van der Waals surface area (Å²) < 4.78 is 25.6. The van der Waals surface area contributed by atoms with E-state index in [4.69, 9.17) is 5.26 Å². The standard InChI is InChI=1S/C8H6F2N2/c1-12-8-3-6(9)5(4-11)2-7(8)10/h2-3,12H,1H3. The van der Waals surface area contributed by atoms with Crippen LogP contribution in [0.3, 0.4) is 0 Å². The Labute approximate surface area is 68.4 Å². The molecular weight excluding hydrogens is 162 g/mol. The summed E-state index contributed by atoms with van der Waals surface area (Å²) in [7, 11) is 1.48. The summed E-state index contributed by atoms with van der Waals surface area (Å²) in [6.07, 6.45) is 0. The van der Waals surface area contributed by atoms with Gasteiger partial charge in [0.25, 0.3) is 0 Å². The molecule has 0 bridgehead atoms. The third kappa shape index (κ3) is 1.35. The van der Waals surface area contributed by atoms with Crippen LogP contribution >= 0.6 is 0 Å². The Balaban J connectivity index is 3.28. The van der Waals surface area contributed by atoms with Crippen molar-refractivity contribution in [1.29, 1.82) is 5.26 Å². The number of hydrogen-bond acceptors (Lipinski definition) is 2. The molecule has 0 saturated heterocycles. The number of hydrogen-bond donors (Lipinski definition) is 1. The first kappa shape index (κ1) is 8.47. The molecule has 0 spiro atoms. The van der Waals surface area contributed by atoms with Crippen LogP contribution in [0.5, 0.6) is 0 Å². The zero-order valence-electron chi connectivity index (χ0n) is 6.36. The highest BCUT2D eigenvalue weighted by Gasteiger charge is 2.07. The molecule has 0 atom stereocenters. The SMILES string of the molecule is CNc1cc(F)c(C#N)cc1F. The zero-order valence-corrected chi connectivity index (χ0v) is 6.36. The van der Waals surface area contributed by atoms with Crippen molar-refractivity contribution in [3.63, 3.8) is 0 Å². The minimum Gasteiger partial charge on any atom is -0.386 e. The van der Waals surface area contributed by atoms with Crippen LogP contribution < -0.4 is 5.32 Å². The molecule has 0 amide bonds. The van der Waals surface area contributed by atoms with Crippen molar-refractivity contribution >= 4 is 5.69 Å². The van der Waals surface area contributed by atoms with Gasteiger partial charge >= 0.3 is 0 Å². The van der Waals surface area contributed by atoms with Crippen LogP contribution in [0.4, 0.5) is 14.5 Å². The number of halogens is 2. The molecule has 0 aliphatic heterocycles. The first-order chi connectivity index (χ1) is 5.69. The molecule has 0 aliphatic rings. The fourth-order valence-electron chi connectivity index (χ4n) is 0.824. The molecule has 2 nitrogen and oxygen atoms in total. The van der Waals surface area contributed by atoms with Gasteiger partial charge in [-0.05, 0) is 6.07 Å². The molecule has 1 aromatic rings. The average Bonchev–Trinajstić information content (AvgIpc) is 2.08. The molecule has 1 rings (SSSR count). The van der Waals surface area contributed by atoms with Gasteiger partial charge in [0, 0.05) is 13.1 Å². The van der Waals surface area contributed by atoms with Gasteiger partial charge in [-0.2, -0.15) is 5.26 Å². The van der Waals surface area contributed by atoms with Crippen LogP contribution in [0.2, 0.25) is 0 Å². The van der Waals surface area contributed by atoms with Crippen molar-refractivity contribution in [3.05, 3.63) is 29.3 Å². The topological polar surface area (TPSA) is 35.8 Å². The molecule has 12 heavy (non-hydrogen) atoms. The smallest absolute Gasteiger partial charge is 0.147 e. The summed E-state index contributed by atoms with van der Waals surface area (Å²) in [6, 6.07) is 3.36. The molecule has 0 radical (unpaired) electrons. The third-order valence-corrected chi connectivity index (χ3v) is 1.45. The van der Waals surface area contributed by atoms with Crippen molar-refractivity contribution in [1.82, 2.24) is 0 Å². The zero-order chi connectivity index (χ0) is 9.14. The second-order valence-electron chi connectivity index (χ2n) is 2.17. The second-order valence-corrected chi connectivity index (χ2v) is 2.17. The van der Waals surface area contributed by atoms with E-state index in [0.29, 0.717) is 0 Å². The van der Waals surface area contributed by atoms with E-state index in [2.05, 4.69) is 5.32 Å². The van der Waals surface area contributed by atoms with Crippen LogP contribution in [0.25, 0.3) is 0 Å².